The van der Waals surface area contributed by atoms with Gasteiger partial charge in [-0.05, 0) is 17.5 Å². The van der Waals surface area contributed by atoms with Crippen LogP contribution in [0.1, 0.15) is 17.5 Å². The lowest BCUT2D eigenvalue weighted by molar-refractivity contribution is -0.137. The second-order valence-electron chi connectivity index (χ2n) is 3.23. The van der Waals surface area contributed by atoms with Crippen LogP contribution in [-0.2, 0) is 22.4 Å². The predicted molar refractivity (Wildman–Crippen MR) is 53.7 cm³/mol. The van der Waals surface area contributed by atoms with Crippen molar-refractivity contribution in [3.63, 3.8) is 0 Å². The lowest BCUT2D eigenvalue weighted by Gasteiger charge is -2.05. The molecule has 0 bridgehead atoms. The van der Waals surface area contributed by atoms with Gasteiger partial charge in [0.25, 0.3) is 0 Å². The van der Waals surface area contributed by atoms with Gasteiger partial charge >= 0.3 is 11.9 Å². The molecule has 0 unspecified atom stereocenters. The van der Waals surface area contributed by atoms with Crippen molar-refractivity contribution in [3.8, 4) is 0 Å². The Balaban J connectivity index is 2.76. The summed E-state index contributed by atoms with van der Waals surface area (Å²) < 4.78 is 0. The van der Waals surface area contributed by atoms with Crippen molar-refractivity contribution in [2.45, 2.75) is 19.3 Å². The van der Waals surface area contributed by atoms with Gasteiger partial charge in [0.05, 0.1) is 6.42 Å². The summed E-state index contributed by atoms with van der Waals surface area (Å²) in [5.74, 6) is -1.78. The summed E-state index contributed by atoms with van der Waals surface area (Å²) in [6, 6.07) is 7.01. The van der Waals surface area contributed by atoms with E-state index in [0.29, 0.717) is 12.0 Å². The van der Waals surface area contributed by atoms with Gasteiger partial charge in [-0.25, -0.2) is 0 Å². The molecule has 0 amide bonds. The summed E-state index contributed by atoms with van der Waals surface area (Å²) in [4.78, 5) is 20.9. The van der Waals surface area contributed by atoms with Gasteiger partial charge in [-0.15, -0.1) is 0 Å². The number of aryl methyl sites for hydroxylation is 1. The molecular weight excluding hydrogens is 196 g/mol. The third-order valence-electron chi connectivity index (χ3n) is 2.07. The minimum Gasteiger partial charge on any atom is -0.481 e. The van der Waals surface area contributed by atoms with Gasteiger partial charge in [0.15, 0.2) is 0 Å². The number of rotatable bonds is 5. The standard InChI is InChI=1S/C11H12O4/c12-10(13)6-5-8-3-1-2-4-9(8)7-11(14)15/h1-4H,5-7H2,(H,12,13)(H,14,15). The van der Waals surface area contributed by atoms with Gasteiger partial charge in [-0.2, -0.15) is 0 Å². The minimum absolute atomic E-state index is 0.0244. The fourth-order valence-corrected chi connectivity index (χ4v) is 1.38. The molecule has 1 aromatic rings. The van der Waals surface area contributed by atoms with Gasteiger partial charge in [0.2, 0.25) is 0 Å². The molecule has 1 aromatic carbocycles. The number of carboxylic acids is 2. The van der Waals surface area contributed by atoms with E-state index in [1.54, 1.807) is 24.3 Å². The third-order valence-corrected chi connectivity index (χ3v) is 2.07. The Bertz CT molecular complexity index is 371. The predicted octanol–water partition coefficient (Wildman–Crippen LogP) is 1.33. The van der Waals surface area contributed by atoms with E-state index >= 15 is 0 Å². The van der Waals surface area contributed by atoms with Gasteiger partial charge in [-0.1, -0.05) is 24.3 Å². The van der Waals surface area contributed by atoms with Crippen molar-refractivity contribution in [3.05, 3.63) is 35.4 Å². The van der Waals surface area contributed by atoms with Crippen LogP contribution in [0.4, 0.5) is 0 Å². The van der Waals surface area contributed by atoms with E-state index in [0.717, 1.165) is 5.56 Å². The Labute approximate surface area is 87.2 Å². The zero-order valence-corrected chi connectivity index (χ0v) is 8.14. The highest BCUT2D eigenvalue weighted by atomic mass is 16.4. The normalized spacial score (nSPS) is 9.87. The second kappa shape index (κ2) is 5.14. The summed E-state index contributed by atoms with van der Waals surface area (Å²) in [5.41, 5.74) is 1.48. The van der Waals surface area contributed by atoms with Gasteiger partial charge in [-0.3, -0.25) is 9.59 Å². The number of carbonyl (C=O) groups is 2. The number of hydrogen-bond donors (Lipinski definition) is 2. The van der Waals surface area contributed by atoms with Crippen molar-refractivity contribution in [2.24, 2.45) is 0 Å². The van der Waals surface area contributed by atoms with Crippen molar-refractivity contribution < 1.29 is 19.8 Å². The van der Waals surface area contributed by atoms with Crippen LogP contribution in [0.15, 0.2) is 24.3 Å². The molecule has 80 valence electrons. The average Bonchev–Trinajstić information content (AvgIpc) is 2.15. The van der Waals surface area contributed by atoms with Crippen LogP contribution in [0.5, 0.6) is 0 Å². The lowest BCUT2D eigenvalue weighted by atomic mass is 10.0. The van der Waals surface area contributed by atoms with Crippen LogP contribution in [0, 0.1) is 0 Å². The Morgan fingerprint density at radius 3 is 2.13 bits per heavy atom. The molecule has 0 spiro atoms. The van der Waals surface area contributed by atoms with E-state index in [1.165, 1.54) is 0 Å². The van der Waals surface area contributed by atoms with E-state index in [2.05, 4.69) is 0 Å². The SMILES string of the molecule is O=C(O)CCc1ccccc1CC(=O)O. The monoisotopic (exact) mass is 208 g/mol. The van der Waals surface area contributed by atoms with E-state index in [1.807, 2.05) is 0 Å². The van der Waals surface area contributed by atoms with Crippen molar-refractivity contribution in [2.75, 3.05) is 0 Å². The highest BCUT2D eigenvalue weighted by Crippen LogP contribution is 2.11. The molecule has 0 aliphatic rings. The highest BCUT2D eigenvalue weighted by Gasteiger charge is 2.07. The molecule has 1 rings (SSSR count). The average molecular weight is 208 g/mol. The zero-order valence-electron chi connectivity index (χ0n) is 8.14. The molecule has 0 saturated carbocycles. The van der Waals surface area contributed by atoms with Crippen LogP contribution in [0.2, 0.25) is 0 Å². The van der Waals surface area contributed by atoms with Gasteiger partial charge < -0.3 is 10.2 Å². The highest BCUT2D eigenvalue weighted by molar-refractivity contribution is 5.71. The first-order valence-electron chi connectivity index (χ1n) is 4.60. The van der Waals surface area contributed by atoms with Crippen LogP contribution in [0.3, 0.4) is 0 Å². The van der Waals surface area contributed by atoms with Crippen LogP contribution in [0.25, 0.3) is 0 Å². The fourth-order valence-electron chi connectivity index (χ4n) is 1.38. The van der Waals surface area contributed by atoms with Crippen LogP contribution in [-0.4, -0.2) is 22.2 Å². The molecule has 0 fully saturated rings. The number of carboxylic acid groups (broad SMARTS) is 2. The molecular formula is C11H12O4. The number of benzene rings is 1. The van der Waals surface area contributed by atoms with E-state index in [4.69, 9.17) is 10.2 Å². The molecule has 0 radical (unpaired) electrons. The van der Waals surface area contributed by atoms with Gasteiger partial charge in [0.1, 0.15) is 0 Å². The molecule has 0 heterocycles. The first kappa shape index (κ1) is 11.2. The van der Waals surface area contributed by atoms with Crippen molar-refractivity contribution in [1.82, 2.24) is 0 Å². The van der Waals surface area contributed by atoms with Crippen LogP contribution >= 0.6 is 0 Å². The first-order valence-corrected chi connectivity index (χ1v) is 4.60. The van der Waals surface area contributed by atoms with Gasteiger partial charge in [0, 0.05) is 6.42 Å². The van der Waals surface area contributed by atoms with Crippen molar-refractivity contribution in [1.29, 1.82) is 0 Å². The Morgan fingerprint density at radius 1 is 1.00 bits per heavy atom. The van der Waals surface area contributed by atoms with Crippen LogP contribution < -0.4 is 0 Å². The van der Waals surface area contributed by atoms with E-state index < -0.39 is 11.9 Å². The van der Waals surface area contributed by atoms with E-state index in [-0.39, 0.29) is 12.8 Å². The molecule has 0 atom stereocenters. The maximum absolute atomic E-state index is 10.5. The molecule has 0 saturated heterocycles. The van der Waals surface area contributed by atoms with E-state index in [9.17, 15) is 9.59 Å². The first-order chi connectivity index (χ1) is 7.09. The molecule has 0 aliphatic heterocycles. The summed E-state index contributed by atoms with van der Waals surface area (Å²) in [6.45, 7) is 0. The maximum atomic E-state index is 10.5. The second-order valence-corrected chi connectivity index (χ2v) is 3.23. The summed E-state index contributed by atoms with van der Waals surface area (Å²) in [7, 11) is 0. The quantitative estimate of drug-likeness (QED) is 0.765. The molecule has 0 aliphatic carbocycles. The largest absolute Gasteiger partial charge is 0.481 e. The maximum Gasteiger partial charge on any atom is 0.307 e. The molecule has 0 aromatic heterocycles. The van der Waals surface area contributed by atoms with Crippen molar-refractivity contribution >= 4 is 11.9 Å². The zero-order chi connectivity index (χ0) is 11.3. The molecule has 4 nitrogen and oxygen atoms in total. The number of aliphatic carboxylic acids is 2. The molecule has 4 heteroatoms. The third kappa shape index (κ3) is 3.81. The molecule has 2 N–H and O–H groups in total. The Kier molecular flexibility index (Phi) is 3.85. The Hall–Kier alpha value is -1.84. The number of hydrogen-bond acceptors (Lipinski definition) is 2. The lowest BCUT2D eigenvalue weighted by Crippen LogP contribution is -2.05. The topological polar surface area (TPSA) is 74.6 Å². The summed E-state index contributed by atoms with van der Waals surface area (Å²) >= 11 is 0. The fraction of sp³-hybridized carbons (Fsp3) is 0.273. The Morgan fingerprint density at radius 2 is 1.60 bits per heavy atom. The molecule has 15 heavy (non-hydrogen) atoms. The minimum atomic E-state index is -0.905. The summed E-state index contributed by atoms with van der Waals surface area (Å²) in [5, 5.41) is 17.2. The summed E-state index contributed by atoms with van der Waals surface area (Å²) in [6.07, 6.45) is 0.339. The smallest absolute Gasteiger partial charge is 0.307 e.